The van der Waals surface area contributed by atoms with Crippen molar-refractivity contribution in [1.29, 1.82) is 0 Å². The van der Waals surface area contributed by atoms with Crippen molar-refractivity contribution < 1.29 is 10.4 Å². The van der Waals surface area contributed by atoms with Gasteiger partial charge < -0.3 is 5.21 Å². The van der Waals surface area contributed by atoms with Gasteiger partial charge in [0.25, 0.3) is 0 Å². The Balaban J connectivity index is 2.38. The first-order chi connectivity index (χ1) is 10.1. The van der Waals surface area contributed by atoms with E-state index >= 15 is 0 Å². The Labute approximate surface area is 127 Å². The van der Waals surface area contributed by atoms with Crippen LogP contribution in [0.3, 0.4) is 0 Å². The number of halogens is 1. The third-order valence-corrected chi connectivity index (χ3v) is 3.07. The molecule has 3 N–H and O–H groups in total. The Hall–Kier alpha value is -2.37. The van der Waals surface area contributed by atoms with Gasteiger partial charge in [-0.05, 0) is 31.2 Å². The minimum absolute atomic E-state index is 0.0312. The Morgan fingerprint density at radius 2 is 1.67 bits per heavy atom. The minimum Gasteiger partial charge on any atom is -0.410 e. The molecule has 0 unspecified atom stereocenters. The van der Waals surface area contributed by atoms with Crippen LogP contribution in [0.4, 0.5) is 5.69 Å². The van der Waals surface area contributed by atoms with Crippen molar-refractivity contribution >= 4 is 28.8 Å². The molecule has 2 aromatic carbocycles. The van der Waals surface area contributed by atoms with Crippen molar-refractivity contribution in [2.75, 3.05) is 0 Å². The summed E-state index contributed by atoms with van der Waals surface area (Å²) in [7, 11) is 0. The Kier molecular flexibility index (Phi) is 4.92. The van der Waals surface area contributed by atoms with Crippen molar-refractivity contribution in [2.24, 2.45) is 10.1 Å². The molecule has 21 heavy (non-hydrogen) atoms. The Bertz CT molecular complexity index is 664. The minimum atomic E-state index is 0.0312. The van der Waals surface area contributed by atoms with E-state index in [0.29, 0.717) is 16.3 Å². The van der Waals surface area contributed by atoms with Crippen LogP contribution in [0.25, 0.3) is 0 Å². The third kappa shape index (κ3) is 3.81. The van der Waals surface area contributed by atoms with E-state index in [4.69, 9.17) is 11.6 Å². The maximum absolute atomic E-state index is 9.26. The number of hydroxylamine groups is 1. The molecule has 6 heteroatoms. The number of oxime groups is 1. The number of aliphatic imine (C=N–C) groups is 1. The van der Waals surface area contributed by atoms with Gasteiger partial charge in [0.2, 0.25) is 0 Å². The summed E-state index contributed by atoms with van der Waals surface area (Å²) in [6.07, 6.45) is 0. The van der Waals surface area contributed by atoms with Gasteiger partial charge in [0.1, 0.15) is 0 Å². The first kappa shape index (κ1) is 15.0. The number of amidine groups is 1. The van der Waals surface area contributed by atoms with Crippen LogP contribution in [0.15, 0.2) is 58.7 Å². The second kappa shape index (κ2) is 6.88. The molecule has 0 amide bonds. The van der Waals surface area contributed by atoms with E-state index in [9.17, 15) is 10.4 Å². The number of hydrogen-bond donors (Lipinski definition) is 3. The van der Waals surface area contributed by atoms with Crippen molar-refractivity contribution in [3.8, 4) is 0 Å². The predicted octanol–water partition coefficient (Wildman–Crippen LogP) is 3.54. The van der Waals surface area contributed by atoms with Crippen LogP contribution in [0.5, 0.6) is 0 Å². The van der Waals surface area contributed by atoms with E-state index in [2.05, 4.69) is 10.1 Å². The van der Waals surface area contributed by atoms with Crippen molar-refractivity contribution in [1.82, 2.24) is 5.48 Å². The van der Waals surface area contributed by atoms with Crippen molar-refractivity contribution in [3.63, 3.8) is 0 Å². The third-order valence-electron chi connectivity index (χ3n) is 2.82. The standard InChI is InChI=1S/C15H14ClN3O2/c1-10-2-8-13(9-3-10)17-15(19-21)14(18-20)11-4-6-12(16)7-5-11/h2-9,20-21H,1H3,(H,17,19)/b18-14+. The highest BCUT2D eigenvalue weighted by Gasteiger charge is 2.12. The number of hydrogen-bond acceptors (Lipinski definition) is 4. The quantitative estimate of drug-likeness (QED) is 0.351. The lowest BCUT2D eigenvalue weighted by Crippen LogP contribution is -2.29. The summed E-state index contributed by atoms with van der Waals surface area (Å²) in [4.78, 5) is 4.22. The molecule has 0 aliphatic rings. The fraction of sp³-hybridized carbons (Fsp3) is 0.0667. The van der Waals surface area contributed by atoms with Crippen LogP contribution >= 0.6 is 11.6 Å². The number of nitrogens with zero attached hydrogens (tertiary/aromatic N) is 2. The molecule has 0 saturated carbocycles. The molecule has 0 saturated heterocycles. The molecule has 5 nitrogen and oxygen atoms in total. The van der Waals surface area contributed by atoms with E-state index in [-0.39, 0.29) is 11.5 Å². The van der Waals surface area contributed by atoms with Gasteiger partial charge in [-0.1, -0.05) is 46.6 Å². The lowest BCUT2D eigenvalue weighted by molar-refractivity contribution is 0.236. The molecule has 0 heterocycles. The molecule has 108 valence electrons. The Morgan fingerprint density at radius 3 is 2.19 bits per heavy atom. The van der Waals surface area contributed by atoms with Crippen LogP contribution in [0, 0.1) is 6.92 Å². The van der Waals surface area contributed by atoms with E-state index in [0.717, 1.165) is 5.56 Å². The molecule has 0 bridgehead atoms. The monoisotopic (exact) mass is 303 g/mol. The topological polar surface area (TPSA) is 77.2 Å². The molecule has 0 aliphatic heterocycles. The summed E-state index contributed by atoms with van der Waals surface area (Å²) in [5.74, 6) is 0.0312. The summed E-state index contributed by atoms with van der Waals surface area (Å²) in [6.45, 7) is 1.97. The summed E-state index contributed by atoms with van der Waals surface area (Å²) in [5.41, 5.74) is 4.34. The maximum atomic E-state index is 9.26. The van der Waals surface area contributed by atoms with Gasteiger partial charge in [-0.3, -0.25) is 10.7 Å². The number of rotatable bonds is 3. The van der Waals surface area contributed by atoms with Gasteiger partial charge >= 0.3 is 0 Å². The first-order valence-corrected chi connectivity index (χ1v) is 6.55. The SMILES string of the molecule is Cc1ccc(N=C(NO)/C(=N/O)c2ccc(Cl)cc2)cc1. The van der Waals surface area contributed by atoms with Crippen LogP contribution in [-0.2, 0) is 0 Å². The van der Waals surface area contributed by atoms with E-state index in [1.165, 1.54) is 0 Å². The zero-order chi connectivity index (χ0) is 15.2. The van der Waals surface area contributed by atoms with Gasteiger partial charge in [0.05, 0.1) is 5.69 Å². The van der Waals surface area contributed by atoms with Gasteiger partial charge in [-0.2, -0.15) is 0 Å². The molecule has 0 aromatic heterocycles. The fourth-order valence-electron chi connectivity index (χ4n) is 1.73. The second-order valence-electron chi connectivity index (χ2n) is 4.36. The Morgan fingerprint density at radius 1 is 1.05 bits per heavy atom. The molecule has 2 rings (SSSR count). The average Bonchev–Trinajstić information content (AvgIpc) is 2.50. The maximum Gasteiger partial charge on any atom is 0.180 e. The molecule has 0 spiro atoms. The summed E-state index contributed by atoms with van der Waals surface area (Å²) in [5, 5.41) is 22.2. The second-order valence-corrected chi connectivity index (χ2v) is 4.80. The van der Waals surface area contributed by atoms with Gasteiger partial charge in [0.15, 0.2) is 11.5 Å². The first-order valence-electron chi connectivity index (χ1n) is 6.18. The highest BCUT2D eigenvalue weighted by molar-refractivity contribution is 6.47. The summed E-state index contributed by atoms with van der Waals surface area (Å²) >= 11 is 5.82. The molecule has 2 aromatic rings. The van der Waals surface area contributed by atoms with E-state index in [1.54, 1.807) is 36.4 Å². The normalized spacial score (nSPS) is 12.3. The zero-order valence-corrected chi connectivity index (χ0v) is 12.0. The van der Waals surface area contributed by atoms with Gasteiger partial charge in [0, 0.05) is 10.6 Å². The van der Waals surface area contributed by atoms with E-state index < -0.39 is 0 Å². The lowest BCUT2D eigenvalue weighted by atomic mass is 10.1. The molecular weight excluding hydrogens is 290 g/mol. The largest absolute Gasteiger partial charge is 0.410 e. The predicted molar refractivity (Wildman–Crippen MR) is 83.0 cm³/mol. The molecular formula is C15H14ClN3O2. The van der Waals surface area contributed by atoms with Crippen LogP contribution < -0.4 is 5.48 Å². The highest BCUT2D eigenvalue weighted by atomic mass is 35.5. The zero-order valence-electron chi connectivity index (χ0n) is 11.3. The van der Waals surface area contributed by atoms with E-state index in [1.807, 2.05) is 24.5 Å². The molecule has 0 atom stereocenters. The number of aryl methyl sites for hydroxylation is 1. The van der Waals surface area contributed by atoms with Crippen molar-refractivity contribution in [3.05, 3.63) is 64.7 Å². The van der Waals surface area contributed by atoms with Gasteiger partial charge in [-0.25, -0.2) is 4.99 Å². The summed E-state index contributed by atoms with van der Waals surface area (Å²) < 4.78 is 0. The smallest absolute Gasteiger partial charge is 0.180 e. The highest BCUT2D eigenvalue weighted by Crippen LogP contribution is 2.15. The molecule has 0 fully saturated rings. The average molecular weight is 304 g/mol. The molecule has 0 radical (unpaired) electrons. The van der Waals surface area contributed by atoms with Crippen LogP contribution in [0.2, 0.25) is 5.02 Å². The van der Waals surface area contributed by atoms with Gasteiger partial charge in [-0.15, -0.1) is 0 Å². The number of nitrogens with one attached hydrogen (secondary N) is 1. The van der Waals surface area contributed by atoms with Crippen molar-refractivity contribution in [2.45, 2.75) is 6.92 Å². The number of benzene rings is 2. The fourth-order valence-corrected chi connectivity index (χ4v) is 1.85. The van der Waals surface area contributed by atoms with Crippen LogP contribution in [0.1, 0.15) is 11.1 Å². The lowest BCUT2D eigenvalue weighted by Gasteiger charge is -2.07. The van der Waals surface area contributed by atoms with Crippen LogP contribution in [-0.4, -0.2) is 22.0 Å². The molecule has 0 aliphatic carbocycles. The summed E-state index contributed by atoms with van der Waals surface area (Å²) in [6, 6.07) is 14.0.